The molecule has 1 aliphatic rings. The van der Waals surface area contributed by atoms with E-state index in [9.17, 15) is 5.11 Å². The molecule has 1 fully saturated rings. The van der Waals surface area contributed by atoms with Crippen molar-refractivity contribution in [1.82, 2.24) is 5.32 Å². The van der Waals surface area contributed by atoms with Crippen molar-refractivity contribution in [3.05, 3.63) is 0 Å². The van der Waals surface area contributed by atoms with Crippen LogP contribution in [0.25, 0.3) is 0 Å². The van der Waals surface area contributed by atoms with E-state index in [1.165, 1.54) is 0 Å². The molecule has 2 atom stereocenters. The molecule has 2 unspecified atom stereocenters. The lowest BCUT2D eigenvalue weighted by molar-refractivity contribution is 0.131. The van der Waals surface area contributed by atoms with E-state index in [2.05, 4.69) is 11.4 Å². The normalized spacial score (nSPS) is 25.6. The fraction of sp³-hybridized carbons (Fsp3) is 0.923. The van der Waals surface area contributed by atoms with E-state index in [0.717, 1.165) is 45.2 Å². The molecule has 0 heterocycles. The Labute approximate surface area is 98.8 Å². The second kappa shape index (κ2) is 6.22. The quantitative estimate of drug-likeness (QED) is 0.679. The van der Waals surface area contributed by atoms with E-state index in [0.29, 0.717) is 5.92 Å². The Morgan fingerprint density at radius 1 is 1.44 bits per heavy atom. The van der Waals surface area contributed by atoms with Crippen molar-refractivity contribution >= 4 is 0 Å². The van der Waals surface area contributed by atoms with Gasteiger partial charge in [-0.2, -0.15) is 5.26 Å². The minimum Gasteiger partial charge on any atom is -0.393 e. The van der Waals surface area contributed by atoms with Gasteiger partial charge in [0.1, 0.15) is 0 Å². The van der Waals surface area contributed by atoms with Crippen molar-refractivity contribution in [3.8, 4) is 6.07 Å². The first-order valence-electron chi connectivity index (χ1n) is 6.35. The Hall–Kier alpha value is -0.590. The Morgan fingerprint density at radius 3 is 2.75 bits per heavy atom. The zero-order valence-corrected chi connectivity index (χ0v) is 10.5. The Kier molecular flexibility index (Phi) is 5.24. The largest absolute Gasteiger partial charge is 0.393 e. The fourth-order valence-electron chi connectivity index (χ4n) is 2.25. The first kappa shape index (κ1) is 13.5. The maximum Gasteiger partial charge on any atom is 0.0683 e. The van der Waals surface area contributed by atoms with E-state index in [4.69, 9.17) is 5.26 Å². The number of hydrogen-bond donors (Lipinski definition) is 2. The van der Waals surface area contributed by atoms with E-state index in [1.54, 1.807) is 0 Å². The highest BCUT2D eigenvalue weighted by Gasteiger charge is 2.24. The smallest absolute Gasteiger partial charge is 0.0683 e. The maximum atomic E-state index is 9.63. The second-order valence-electron chi connectivity index (χ2n) is 5.56. The lowest BCUT2D eigenvalue weighted by Crippen LogP contribution is -2.28. The van der Waals surface area contributed by atoms with Crippen LogP contribution in [0.4, 0.5) is 0 Å². The van der Waals surface area contributed by atoms with Gasteiger partial charge in [0, 0.05) is 6.54 Å². The molecule has 0 saturated heterocycles. The average molecular weight is 224 g/mol. The van der Waals surface area contributed by atoms with Gasteiger partial charge in [0.25, 0.3) is 0 Å². The molecule has 3 nitrogen and oxygen atoms in total. The molecule has 0 amide bonds. The van der Waals surface area contributed by atoms with Crippen LogP contribution in [-0.2, 0) is 0 Å². The molecule has 0 radical (unpaired) electrons. The molecule has 2 N–H and O–H groups in total. The number of rotatable bonds is 6. The number of nitriles is 1. The number of hydrogen-bond acceptors (Lipinski definition) is 3. The summed E-state index contributed by atoms with van der Waals surface area (Å²) in [7, 11) is 0. The number of nitrogens with zero attached hydrogens (tertiary/aromatic N) is 1. The SMILES string of the molecule is CC(C)(C#N)CCCNCC1CCCC1O. The Bertz CT molecular complexity index is 245. The van der Waals surface area contributed by atoms with Crippen molar-refractivity contribution in [2.45, 2.75) is 52.1 Å². The summed E-state index contributed by atoms with van der Waals surface area (Å²) in [6, 6.07) is 2.31. The molecule has 1 rings (SSSR count). The van der Waals surface area contributed by atoms with Crippen LogP contribution in [0, 0.1) is 22.7 Å². The average Bonchev–Trinajstić information content (AvgIpc) is 2.64. The van der Waals surface area contributed by atoms with Crippen molar-refractivity contribution in [2.75, 3.05) is 13.1 Å². The molecule has 92 valence electrons. The van der Waals surface area contributed by atoms with Gasteiger partial charge in [0.15, 0.2) is 0 Å². The predicted octanol–water partition coefficient (Wildman–Crippen LogP) is 2.07. The molecular formula is C13H24N2O. The minimum atomic E-state index is -0.200. The monoisotopic (exact) mass is 224 g/mol. The molecular weight excluding hydrogens is 200 g/mol. The molecule has 0 aromatic rings. The number of nitrogens with one attached hydrogen (secondary N) is 1. The molecule has 0 aliphatic heterocycles. The third-order valence-corrected chi connectivity index (χ3v) is 3.48. The topological polar surface area (TPSA) is 56.0 Å². The van der Waals surface area contributed by atoms with Crippen LogP contribution in [0.15, 0.2) is 0 Å². The number of aliphatic hydroxyl groups excluding tert-OH is 1. The highest BCUT2D eigenvalue weighted by Crippen LogP contribution is 2.24. The van der Waals surface area contributed by atoms with Gasteiger partial charge in [-0.3, -0.25) is 0 Å². The summed E-state index contributed by atoms with van der Waals surface area (Å²) >= 11 is 0. The van der Waals surface area contributed by atoms with Gasteiger partial charge in [-0.05, 0) is 52.0 Å². The molecule has 0 aromatic heterocycles. The van der Waals surface area contributed by atoms with E-state index >= 15 is 0 Å². The first-order valence-corrected chi connectivity index (χ1v) is 6.35. The summed E-state index contributed by atoms with van der Waals surface area (Å²) in [4.78, 5) is 0. The van der Waals surface area contributed by atoms with E-state index in [-0.39, 0.29) is 11.5 Å². The summed E-state index contributed by atoms with van der Waals surface area (Å²) < 4.78 is 0. The fourth-order valence-corrected chi connectivity index (χ4v) is 2.25. The van der Waals surface area contributed by atoms with Crippen LogP contribution >= 0.6 is 0 Å². The molecule has 16 heavy (non-hydrogen) atoms. The van der Waals surface area contributed by atoms with Gasteiger partial charge >= 0.3 is 0 Å². The van der Waals surface area contributed by atoms with Gasteiger partial charge in [-0.1, -0.05) is 6.42 Å². The summed E-state index contributed by atoms with van der Waals surface area (Å²) in [6.07, 6.45) is 5.15. The Morgan fingerprint density at radius 2 is 2.19 bits per heavy atom. The lowest BCUT2D eigenvalue weighted by atomic mass is 9.90. The van der Waals surface area contributed by atoms with Gasteiger partial charge in [-0.15, -0.1) is 0 Å². The summed E-state index contributed by atoms with van der Waals surface area (Å²) in [5.74, 6) is 0.448. The van der Waals surface area contributed by atoms with Crippen LogP contribution < -0.4 is 5.32 Å². The molecule has 3 heteroatoms. The maximum absolute atomic E-state index is 9.63. The Balaban J connectivity index is 2.02. The van der Waals surface area contributed by atoms with Gasteiger partial charge < -0.3 is 10.4 Å². The highest BCUT2D eigenvalue weighted by atomic mass is 16.3. The third kappa shape index (κ3) is 4.51. The van der Waals surface area contributed by atoms with Crippen LogP contribution in [0.3, 0.4) is 0 Å². The summed E-state index contributed by atoms with van der Waals surface area (Å²) in [5, 5.41) is 21.9. The summed E-state index contributed by atoms with van der Waals surface area (Å²) in [6.45, 7) is 5.84. The molecule has 0 bridgehead atoms. The first-order chi connectivity index (χ1) is 7.55. The van der Waals surface area contributed by atoms with Crippen molar-refractivity contribution in [2.24, 2.45) is 11.3 Å². The number of aliphatic hydroxyl groups is 1. The van der Waals surface area contributed by atoms with Crippen LogP contribution in [-0.4, -0.2) is 24.3 Å². The molecule has 1 aliphatic carbocycles. The standard InChI is InChI=1S/C13H24N2O/c1-13(2,10-14)7-4-8-15-9-11-5-3-6-12(11)16/h11-12,15-16H,3-9H2,1-2H3. The highest BCUT2D eigenvalue weighted by molar-refractivity contribution is 4.91. The molecule has 0 spiro atoms. The van der Waals surface area contributed by atoms with Crippen molar-refractivity contribution in [3.63, 3.8) is 0 Å². The summed E-state index contributed by atoms with van der Waals surface area (Å²) in [5.41, 5.74) is -0.200. The van der Waals surface area contributed by atoms with Crippen molar-refractivity contribution < 1.29 is 5.11 Å². The minimum absolute atomic E-state index is 0.0944. The van der Waals surface area contributed by atoms with Crippen LogP contribution in [0.5, 0.6) is 0 Å². The van der Waals surface area contributed by atoms with E-state index < -0.39 is 0 Å². The van der Waals surface area contributed by atoms with Gasteiger partial charge in [0.05, 0.1) is 17.6 Å². The van der Waals surface area contributed by atoms with Crippen LogP contribution in [0.1, 0.15) is 46.0 Å². The van der Waals surface area contributed by atoms with Gasteiger partial charge in [0.2, 0.25) is 0 Å². The zero-order valence-electron chi connectivity index (χ0n) is 10.5. The third-order valence-electron chi connectivity index (χ3n) is 3.48. The predicted molar refractivity (Wildman–Crippen MR) is 64.8 cm³/mol. The lowest BCUT2D eigenvalue weighted by Gasteiger charge is -2.17. The van der Waals surface area contributed by atoms with Crippen LogP contribution in [0.2, 0.25) is 0 Å². The van der Waals surface area contributed by atoms with E-state index in [1.807, 2.05) is 13.8 Å². The molecule has 1 saturated carbocycles. The molecule has 0 aromatic carbocycles. The van der Waals surface area contributed by atoms with Crippen molar-refractivity contribution in [1.29, 1.82) is 5.26 Å². The second-order valence-corrected chi connectivity index (χ2v) is 5.56. The zero-order chi connectivity index (χ0) is 12.0. The van der Waals surface area contributed by atoms with Gasteiger partial charge in [-0.25, -0.2) is 0 Å².